The number of carbonyl (C=O) groups excluding carboxylic acids is 1. The van der Waals surface area contributed by atoms with E-state index in [0.717, 1.165) is 43.7 Å². The molecule has 0 heterocycles. The number of rotatable bonds is 3. The second kappa shape index (κ2) is 7.57. The predicted octanol–water partition coefficient (Wildman–Crippen LogP) is 4.97. The summed E-state index contributed by atoms with van der Waals surface area (Å²) in [5.74, 6) is 2.04. The van der Waals surface area contributed by atoms with Gasteiger partial charge in [0.25, 0.3) is 0 Å². The van der Waals surface area contributed by atoms with Gasteiger partial charge in [0, 0.05) is 0 Å². The Morgan fingerprint density at radius 3 is 2.72 bits per heavy atom. The molecule has 0 radical (unpaired) electrons. The zero-order valence-electron chi connectivity index (χ0n) is 18.3. The summed E-state index contributed by atoms with van der Waals surface area (Å²) >= 11 is 0. The lowest BCUT2D eigenvalue weighted by atomic mass is 9.47. The largest absolute Gasteiger partial charge is 0.449 e. The minimum Gasteiger partial charge on any atom is -0.449 e. The lowest BCUT2D eigenvalue weighted by Crippen LogP contribution is -2.50. The fourth-order valence-corrected chi connectivity index (χ4v) is 7.12. The van der Waals surface area contributed by atoms with Crippen molar-refractivity contribution in [1.82, 2.24) is 5.43 Å². The molecule has 160 valence electrons. The van der Waals surface area contributed by atoms with E-state index < -0.39 is 6.09 Å². The molecule has 0 bridgehead atoms. The molecule has 6 atom stereocenters. The molecule has 0 aromatic carbocycles. The number of hydrogen-bond donors (Lipinski definition) is 2. The number of nitrogens with zero attached hydrogens (tertiary/aromatic N) is 1. The van der Waals surface area contributed by atoms with Gasteiger partial charge in [-0.05, 0) is 93.0 Å². The Morgan fingerprint density at radius 1 is 1.21 bits per heavy atom. The highest BCUT2D eigenvalue weighted by Gasteiger charge is 2.56. The van der Waals surface area contributed by atoms with Gasteiger partial charge in [-0.1, -0.05) is 31.6 Å². The van der Waals surface area contributed by atoms with Crippen LogP contribution in [0.5, 0.6) is 0 Å². The molecular weight excluding hydrogens is 364 g/mol. The summed E-state index contributed by atoms with van der Waals surface area (Å²) in [7, 11) is 0. The van der Waals surface area contributed by atoms with Crippen LogP contribution in [0.2, 0.25) is 0 Å². The van der Waals surface area contributed by atoms with Crippen molar-refractivity contribution in [1.29, 1.82) is 0 Å². The maximum Gasteiger partial charge on any atom is 0.427 e. The van der Waals surface area contributed by atoms with Crippen molar-refractivity contribution in [2.45, 2.75) is 78.7 Å². The molecule has 0 spiro atoms. The number of hydrogen-bond acceptors (Lipinski definition) is 4. The monoisotopic (exact) mass is 400 g/mol. The first-order valence-electron chi connectivity index (χ1n) is 11.3. The molecular formula is C24H36N2O3. The van der Waals surface area contributed by atoms with Crippen molar-refractivity contribution in [2.24, 2.45) is 33.7 Å². The summed E-state index contributed by atoms with van der Waals surface area (Å²) in [5, 5.41) is 14.5. The number of hydrazone groups is 1. The fourth-order valence-electron chi connectivity index (χ4n) is 7.12. The second-order valence-corrected chi connectivity index (χ2v) is 10.00. The van der Waals surface area contributed by atoms with E-state index in [9.17, 15) is 9.90 Å². The number of allylic oxidation sites excluding steroid dienone is 3. The van der Waals surface area contributed by atoms with Crippen molar-refractivity contribution in [3.63, 3.8) is 0 Å². The highest BCUT2D eigenvalue weighted by atomic mass is 16.5. The number of nitrogens with one attached hydrogen (secondary N) is 1. The Bertz CT molecular complexity index is 770. The van der Waals surface area contributed by atoms with Crippen molar-refractivity contribution in [3.05, 3.63) is 23.3 Å². The van der Waals surface area contributed by atoms with E-state index in [1.807, 2.05) is 6.92 Å². The smallest absolute Gasteiger partial charge is 0.427 e. The van der Waals surface area contributed by atoms with Crippen LogP contribution in [0, 0.1) is 28.6 Å². The molecule has 5 nitrogen and oxygen atoms in total. The maximum atomic E-state index is 11.6. The number of aliphatic hydroxyl groups excluding tert-OH is 1. The molecule has 5 heteroatoms. The molecule has 4 rings (SSSR count). The SMILES string of the molecule is CCOC(=O)N/N=C(\C)C1=CC[C@H]2[C@@H]3CC=C4C[C@@H](O)CC[C@]4(C)[C@@H]3CC[C@]12C. The first kappa shape index (κ1) is 20.6. The van der Waals surface area contributed by atoms with Gasteiger partial charge in [0.15, 0.2) is 0 Å². The van der Waals surface area contributed by atoms with Crippen LogP contribution in [0.4, 0.5) is 4.79 Å². The molecule has 0 unspecified atom stereocenters. The first-order chi connectivity index (χ1) is 13.8. The second-order valence-electron chi connectivity index (χ2n) is 10.00. The molecule has 2 N–H and O–H groups in total. The van der Waals surface area contributed by atoms with Gasteiger partial charge in [-0.25, -0.2) is 10.2 Å². The van der Waals surface area contributed by atoms with Crippen LogP contribution in [0.15, 0.2) is 28.4 Å². The van der Waals surface area contributed by atoms with Crippen LogP contribution < -0.4 is 5.43 Å². The van der Waals surface area contributed by atoms with Gasteiger partial charge in [-0.3, -0.25) is 0 Å². The molecule has 4 aliphatic carbocycles. The van der Waals surface area contributed by atoms with E-state index in [1.165, 1.54) is 24.0 Å². The van der Waals surface area contributed by atoms with E-state index in [-0.39, 0.29) is 16.9 Å². The topological polar surface area (TPSA) is 70.9 Å². The Morgan fingerprint density at radius 2 is 1.97 bits per heavy atom. The minimum absolute atomic E-state index is 0.126. The molecule has 4 aliphatic rings. The lowest BCUT2D eigenvalue weighted by Gasteiger charge is -2.57. The molecule has 2 saturated carbocycles. The Balaban J connectivity index is 1.54. The van der Waals surface area contributed by atoms with Crippen molar-refractivity contribution >= 4 is 11.8 Å². The highest BCUT2D eigenvalue weighted by molar-refractivity contribution is 6.00. The quantitative estimate of drug-likeness (QED) is 0.399. The third kappa shape index (κ3) is 3.35. The zero-order chi connectivity index (χ0) is 20.8. The maximum absolute atomic E-state index is 11.6. The van der Waals surface area contributed by atoms with Gasteiger partial charge >= 0.3 is 6.09 Å². The average molecular weight is 401 g/mol. The van der Waals surface area contributed by atoms with Gasteiger partial charge in [0.05, 0.1) is 18.4 Å². The molecule has 0 aromatic rings. The summed E-state index contributed by atoms with van der Waals surface area (Å²) < 4.78 is 4.93. The summed E-state index contributed by atoms with van der Waals surface area (Å²) in [6.07, 6.45) is 11.8. The third-order valence-electron chi connectivity index (χ3n) is 8.64. The van der Waals surface area contributed by atoms with Crippen LogP contribution in [-0.4, -0.2) is 29.6 Å². The van der Waals surface area contributed by atoms with Gasteiger partial charge < -0.3 is 9.84 Å². The Kier molecular flexibility index (Phi) is 5.39. The van der Waals surface area contributed by atoms with E-state index in [1.54, 1.807) is 6.92 Å². The van der Waals surface area contributed by atoms with Crippen molar-refractivity contribution < 1.29 is 14.6 Å². The van der Waals surface area contributed by atoms with Gasteiger partial charge in [0.1, 0.15) is 0 Å². The molecule has 0 aromatic heterocycles. The molecule has 1 amide bonds. The standard InChI is InChI=1S/C24H36N2O3/c1-5-29-22(28)26-25-15(2)19-8-9-20-18-7-6-16-14-17(27)10-12-23(16,3)21(18)11-13-24(19,20)4/h6,8,17-18,20-21,27H,5,7,9-14H2,1-4H3,(H,26,28)/b25-15+/t17-,18-,20-,21+,23-,24+/m0/s1. The number of fused-ring (bicyclic) bond motifs is 5. The van der Waals surface area contributed by atoms with Crippen molar-refractivity contribution in [2.75, 3.05) is 6.61 Å². The van der Waals surface area contributed by atoms with Crippen LogP contribution in [0.25, 0.3) is 0 Å². The van der Waals surface area contributed by atoms with E-state index in [4.69, 9.17) is 4.74 Å². The number of aliphatic hydroxyl groups is 1. The number of carbonyl (C=O) groups is 1. The highest BCUT2D eigenvalue weighted by Crippen LogP contribution is 2.65. The summed E-state index contributed by atoms with van der Waals surface area (Å²) in [6.45, 7) is 9.00. The van der Waals surface area contributed by atoms with Crippen molar-refractivity contribution in [3.8, 4) is 0 Å². The van der Waals surface area contributed by atoms with Gasteiger partial charge in [-0.2, -0.15) is 5.10 Å². The fraction of sp³-hybridized carbons (Fsp3) is 0.750. The Labute approximate surface area is 174 Å². The van der Waals surface area contributed by atoms with E-state index in [0.29, 0.717) is 18.4 Å². The lowest BCUT2D eigenvalue weighted by molar-refractivity contribution is -0.0279. The average Bonchev–Trinajstić information content (AvgIpc) is 3.04. The molecule has 0 aliphatic heterocycles. The van der Waals surface area contributed by atoms with Crippen LogP contribution in [0.1, 0.15) is 72.6 Å². The first-order valence-corrected chi connectivity index (χ1v) is 11.3. The minimum atomic E-state index is -0.492. The molecule has 2 fully saturated rings. The number of ether oxygens (including phenoxy) is 1. The van der Waals surface area contributed by atoms with Crippen LogP contribution in [-0.2, 0) is 4.74 Å². The summed E-state index contributed by atoms with van der Waals surface area (Å²) in [6, 6.07) is 0. The van der Waals surface area contributed by atoms with Crippen LogP contribution >= 0.6 is 0 Å². The summed E-state index contributed by atoms with van der Waals surface area (Å²) in [5.41, 5.74) is 6.64. The number of amides is 1. The predicted molar refractivity (Wildman–Crippen MR) is 114 cm³/mol. The third-order valence-corrected chi connectivity index (χ3v) is 8.64. The zero-order valence-corrected chi connectivity index (χ0v) is 18.3. The normalized spacial score (nSPS) is 41.5. The van der Waals surface area contributed by atoms with E-state index >= 15 is 0 Å². The van der Waals surface area contributed by atoms with Gasteiger partial charge in [-0.15, -0.1) is 0 Å². The molecule has 0 saturated heterocycles. The van der Waals surface area contributed by atoms with Crippen LogP contribution in [0.3, 0.4) is 0 Å². The Hall–Kier alpha value is -1.62. The van der Waals surface area contributed by atoms with E-state index in [2.05, 4.69) is 36.5 Å². The van der Waals surface area contributed by atoms with Gasteiger partial charge in [0.2, 0.25) is 0 Å². The molecule has 29 heavy (non-hydrogen) atoms. The summed E-state index contributed by atoms with van der Waals surface area (Å²) in [4.78, 5) is 11.6.